The van der Waals surface area contributed by atoms with Crippen molar-refractivity contribution in [3.8, 4) is 0 Å². The molecule has 0 aromatic carbocycles. The molecule has 2 aromatic rings. The third-order valence-electron chi connectivity index (χ3n) is 4.69. The van der Waals surface area contributed by atoms with Crippen LogP contribution < -0.4 is 4.90 Å². The summed E-state index contributed by atoms with van der Waals surface area (Å²) in [6.45, 7) is 5.65. The minimum Gasteiger partial charge on any atom is -0.377 e. The number of aromatic nitrogens is 4. The molecule has 7 nitrogen and oxygen atoms in total. The predicted molar refractivity (Wildman–Crippen MR) is 88.9 cm³/mol. The van der Waals surface area contributed by atoms with Gasteiger partial charge in [0.1, 0.15) is 5.60 Å². The first-order valence-electron chi connectivity index (χ1n) is 8.49. The van der Waals surface area contributed by atoms with Gasteiger partial charge in [-0.3, -0.25) is 4.68 Å². The zero-order valence-corrected chi connectivity index (χ0v) is 14.0. The Balaban J connectivity index is 1.47. The Labute approximate surface area is 141 Å². The van der Waals surface area contributed by atoms with Crippen LogP contribution in [0.1, 0.15) is 18.4 Å². The molecule has 2 aliphatic heterocycles. The van der Waals surface area contributed by atoms with E-state index in [0.717, 1.165) is 44.0 Å². The maximum atomic E-state index is 6.44. The van der Waals surface area contributed by atoms with Crippen LogP contribution in [0.25, 0.3) is 0 Å². The Hall–Kier alpha value is -1.99. The third kappa shape index (κ3) is 3.27. The number of anilines is 1. The predicted octanol–water partition coefficient (Wildman–Crippen LogP) is 1.44. The summed E-state index contributed by atoms with van der Waals surface area (Å²) in [6, 6.07) is 1.94. The molecular formula is C17H23N5O2. The van der Waals surface area contributed by atoms with E-state index in [4.69, 9.17) is 9.47 Å². The van der Waals surface area contributed by atoms with E-state index in [1.54, 1.807) is 6.20 Å². The molecule has 2 aromatic heterocycles. The van der Waals surface area contributed by atoms with Gasteiger partial charge in [0.15, 0.2) is 0 Å². The molecule has 0 saturated carbocycles. The summed E-state index contributed by atoms with van der Waals surface area (Å²) in [7, 11) is 0. The molecule has 7 heteroatoms. The van der Waals surface area contributed by atoms with Gasteiger partial charge in [-0.15, -0.1) is 0 Å². The van der Waals surface area contributed by atoms with Crippen molar-refractivity contribution in [2.24, 2.45) is 0 Å². The van der Waals surface area contributed by atoms with Gasteiger partial charge in [0.05, 0.1) is 32.4 Å². The lowest BCUT2D eigenvalue weighted by atomic mass is 10.0. The van der Waals surface area contributed by atoms with Crippen LogP contribution in [-0.4, -0.2) is 57.8 Å². The molecule has 4 rings (SSSR count). The van der Waals surface area contributed by atoms with E-state index in [0.29, 0.717) is 13.2 Å². The highest BCUT2D eigenvalue weighted by Gasteiger charge is 2.43. The molecule has 4 heterocycles. The second kappa shape index (κ2) is 6.49. The lowest BCUT2D eigenvalue weighted by molar-refractivity contribution is -0.0807. The zero-order chi connectivity index (χ0) is 16.4. The topological polar surface area (TPSA) is 65.3 Å². The first-order valence-corrected chi connectivity index (χ1v) is 8.49. The van der Waals surface area contributed by atoms with Crippen molar-refractivity contribution in [2.75, 3.05) is 31.2 Å². The van der Waals surface area contributed by atoms with Gasteiger partial charge >= 0.3 is 0 Å². The summed E-state index contributed by atoms with van der Waals surface area (Å²) >= 11 is 0. The Morgan fingerprint density at radius 1 is 1.33 bits per heavy atom. The van der Waals surface area contributed by atoms with Gasteiger partial charge in [0, 0.05) is 31.3 Å². The van der Waals surface area contributed by atoms with E-state index in [2.05, 4.69) is 20.0 Å². The van der Waals surface area contributed by atoms with Crippen LogP contribution >= 0.6 is 0 Å². The molecule has 0 unspecified atom stereocenters. The van der Waals surface area contributed by atoms with Crippen molar-refractivity contribution in [3.05, 3.63) is 36.4 Å². The second-order valence-electron chi connectivity index (χ2n) is 6.72. The first-order chi connectivity index (χ1) is 11.7. The highest BCUT2D eigenvalue weighted by Crippen LogP contribution is 2.34. The summed E-state index contributed by atoms with van der Waals surface area (Å²) in [5.41, 5.74) is 0.790. The van der Waals surface area contributed by atoms with E-state index in [1.807, 2.05) is 36.3 Å². The van der Waals surface area contributed by atoms with Crippen molar-refractivity contribution >= 4 is 5.95 Å². The monoisotopic (exact) mass is 329 g/mol. The Morgan fingerprint density at radius 3 is 3.00 bits per heavy atom. The molecule has 0 N–H and O–H groups in total. The average molecular weight is 329 g/mol. The van der Waals surface area contributed by atoms with Crippen molar-refractivity contribution in [1.29, 1.82) is 0 Å². The third-order valence-corrected chi connectivity index (χ3v) is 4.69. The van der Waals surface area contributed by atoms with Gasteiger partial charge < -0.3 is 14.4 Å². The average Bonchev–Trinajstić information content (AvgIpc) is 3.17. The Morgan fingerprint density at radius 2 is 2.21 bits per heavy atom. The van der Waals surface area contributed by atoms with Gasteiger partial charge in [-0.2, -0.15) is 5.10 Å². The van der Waals surface area contributed by atoms with E-state index < -0.39 is 0 Å². The smallest absolute Gasteiger partial charge is 0.225 e. The Kier molecular flexibility index (Phi) is 4.20. The standard InChI is InChI=1S/C17H23N5O2/c1-14-9-18-16(19-10-14)21-7-8-23-13-17(12-21)4-3-15(24-17)11-22-6-2-5-20-22/h2,5-6,9-10,15H,3-4,7-8,11-13H2,1H3/t15-,17+/m1/s1. The number of rotatable bonds is 3. The van der Waals surface area contributed by atoms with Crippen molar-refractivity contribution < 1.29 is 9.47 Å². The summed E-state index contributed by atoms with van der Waals surface area (Å²) < 4.78 is 14.2. The zero-order valence-electron chi connectivity index (χ0n) is 14.0. The molecule has 2 saturated heterocycles. The fourth-order valence-electron chi connectivity index (χ4n) is 3.49. The highest BCUT2D eigenvalue weighted by atomic mass is 16.6. The number of ether oxygens (including phenoxy) is 2. The molecule has 24 heavy (non-hydrogen) atoms. The summed E-state index contributed by atoms with van der Waals surface area (Å²) in [5.74, 6) is 0.754. The minimum atomic E-state index is -0.275. The molecule has 2 fully saturated rings. The van der Waals surface area contributed by atoms with Crippen LogP contribution in [0.4, 0.5) is 5.95 Å². The minimum absolute atomic E-state index is 0.174. The molecule has 128 valence electrons. The Bertz CT molecular complexity index is 660. The normalized spacial score (nSPS) is 27.5. The molecule has 1 spiro atoms. The highest BCUT2D eigenvalue weighted by molar-refractivity contribution is 5.31. The van der Waals surface area contributed by atoms with E-state index in [-0.39, 0.29) is 11.7 Å². The van der Waals surface area contributed by atoms with Crippen LogP contribution in [0.3, 0.4) is 0 Å². The van der Waals surface area contributed by atoms with Gasteiger partial charge in [0.25, 0.3) is 0 Å². The molecule has 0 aliphatic carbocycles. The number of nitrogens with zero attached hydrogens (tertiary/aromatic N) is 5. The summed E-state index contributed by atoms with van der Waals surface area (Å²) in [4.78, 5) is 11.1. The summed E-state index contributed by atoms with van der Waals surface area (Å²) in [5, 5.41) is 4.28. The van der Waals surface area contributed by atoms with E-state index in [1.165, 1.54) is 0 Å². The molecular weight excluding hydrogens is 306 g/mol. The lowest BCUT2D eigenvalue weighted by Gasteiger charge is -2.32. The maximum absolute atomic E-state index is 6.44. The molecule has 0 bridgehead atoms. The fraction of sp³-hybridized carbons (Fsp3) is 0.588. The van der Waals surface area contributed by atoms with Crippen LogP contribution in [0, 0.1) is 6.92 Å². The van der Waals surface area contributed by atoms with Crippen molar-refractivity contribution in [3.63, 3.8) is 0 Å². The largest absolute Gasteiger partial charge is 0.377 e. The number of hydrogen-bond donors (Lipinski definition) is 0. The lowest BCUT2D eigenvalue weighted by Crippen LogP contribution is -2.45. The van der Waals surface area contributed by atoms with Gasteiger partial charge in [-0.25, -0.2) is 9.97 Å². The maximum Gasteiger partial charge on any atom is 0.225 e. The molecule has 2 aliphatic rings. The van der Waals surface area contributed by atoms with Crippen molar-refractivity contribution in [1.82, 2.24) is 19.7 Å². The van der Waals surface area contributed by atoms with Crippen molar-refractivity contribution in [2.45, 2.75) is 38.0 Å². The first kappa shape index (κ1) is 15.5. The fourth-order valence-corrected chi connectivity index (χ4v) is 3.49. The summed E-state index contributed by atoms with van der Waals surface area (Å²) in [6.07, 6.45) is 9.67. The second-order valence-corrected chi connectivity index (χ2v) is 6.72. The van der Waals surface area contributed by atoms with Gasteiger partial charge in [-0.05, 0) is 31.4 Å². The molecule has 2 atom stereocenters. The molecule has 0 radical (unpaired) electrons. The quantitative estimate of drug-likeness (QED) is 0.849. The van der Waals surface area contributed by atoms with Gasteiger partial charge in [-0.1, -0.05) is 0 Å². The molecule has 0 amide bonds. The van der Waals surface area contributed by atoms with Crippen LogP contribution in [0.15, 0.2) is 30.9 Å². The van der Waals surface area contributed by atoms with E-state index >= 15 is 0 Å². The van der Waals surface area contributed by atoms with E-state index in [9.17, 15) is 0 Å². The van der Waals surface area contributed by atoms with Crippen LogP contribution in [0.2, 0.25) is 0 Å². The van der Waals surface area contributed by atoms with Crippen LogP contribution in [-0.2, 0) is 16.0 Å². The van der Waals surface area contributed by atoms with Gasteiger partial charge in [0.2, 0.25) is 5.95 Å². The number of aryl methyl sites for hydroxylation is 1. The SMILES string of the molecule is Cc1cnc(N2CCOC[C@]3(CC[C@H](Cn4cccn4)O3)C2)nc1. The number of hydrogen-bond acceptors (Lipinski definition) is 6. The van der Waals surface area contributed by atoms with Crippen LogP contribution in [0.5, 0.6) is 0 Å².